The Morgan fingerprint density at radius 1 is 1.29 bits per heavy atom. The molecule has 2 aliphatic carbocycles. The smallest absolute Gasteiger partial charge is 0.0251 e. The molecule has 0 bridgehead atoms. The third-order valence-corrected chi connectivity index (χ3v) is 4.00. The lowest BCUT2D eigenvalue weighted by atomic mass is 10.3. The van der Waals surface area contributed by atoms with Gasteiger partial charge in [-0.3, -0.25) is 0 Å². The van der Waals surface area contributed by atoms with Crippen molar-refractivity contribution in [1.29, 1.82) is 0 Å². The molecule has 2 saturated carbocycles. The second kappa shape index (κ2) is 1.17. The van der Waals surface area contributed by atoms with Crippen molar-refractivity contribution in [2.45, 2.75) is 29.1 Å². The summed E-state index contributed by atoms with van der Waals surface area (Å²) in [7, 11) is 0. The molecule has 0 unspecified atom stereocenters. The highest BCUT2D eigenvalue weighted by molar-refractivity contribution is 14.1. The summed E-state index contributed by atoms with van der Waals surface area (Å²) in [5.74, 6) is 1.15. The third-order valence-electron chi connectivity index (χ3n) is 2.04. The van der Waals surface area contributed by atoms with Gasteiger partial charge in [0.1, 0.15) is 0 Å². The van der Waals surface area contributed by atoms with Gasteiger partial charge < -0.3 is 0 Å². The first kappa shape index (κ1) is 4.59. The van der Waals surface area contributed by atoms with Gasteiger partial charge >= 0.3 is 0 Å². The average molecular weight is 208 g/mol. The first-order valence-electron chi connectivity index (χ1n) is 3.00. The Labute approximate surface area is 57.8 Å². The zero-order valence-corrected chi connectivity index (χ0v) is 6.44. The Morgan fingerprint density at radius 2 is 1.86 bits per heavy atom. The maximum atomic E-state index is 2.64. The molecule has 1 heteroatoms. The Hall–Kier alpha value is 0.730. The van der Waals surface area contributed by atoms with Crippen LogP contribution < -0.4 is 0 Å². The van der Waals surface area contributed by atoms with Gasteiger partial charge in [0.25, 0.3) is 0 Å². The normalized spacial score (nSPS) is 35.6. The minimum atomic E-state index is 0.831. The van der Waals surface area contributed by atoms with Crippen molar-refractivity contribution >= 4 is 22.6 Å². The van der Waals surface area contributed by atoms with Gasteiger partial charge in [0.15, 0.2) is 0 Å². The van der Waals surface area contributed by atoms with E-state index in [-0.39, 0.29) is 0 Å². The Balaban J connectivity index is 2.04. The van der Waals surface area contributed by atoms with E-state index in [9.17, 15) is 0 Å². The van der Waals surface area contributed by atoms with Crippen LogP contribution in [-0.4, -0.2) is 3.42 Å². The zero-order chi connectivity index (χ0) is 4.91. The molecule has 0 heterocycles. The van der Waals surface area contributed by atoms with Gasteiger partial charge in [-0.2, -0.15) is 0 Å². The fourth-order valence-corrected chi connectivity index (χ4v) is 2.02. The topological polar surface area (TPSA) is 0 Å². The molecule has 2 rings (SSSR count). The van der Waals surface area contributed by atoms with Gasteiger partial charge in [0, 0.05) is 3.42 Å². The van der Waals surface area contributed by atoms with E-state index in [1.807, 2.05) is 0 Å². The molecule has 0 aliphatic heterocycles. The highest BCUT2D eigenvalue weighted by atomic mass is 127. The molecule has 0 spiro atoms. The lowest BCUT2D eigenvalue weighted by Crippen LogP contribution is -1.96. The zero-order valence-electron chi connectivity index (χ0n) is 4.28. The Bertz CT molecular complexity index is 90.4. The summed E-state index contributed by atoms with van der Waals surface area (Å²) in [6.45, 7) is 0. The van der Waals surface area contributed by atoms with E-state index >= 15 is 0 Å². The van der Waals surface area contributed by atoms with Gasteiger partial charge in [0.2, 0.25) is 0 Å². The molecular formula is C6H9I. The fourth-order valence-electron chi connectivity index (χ4n) is 1.13. The number of rotatable bonds is 1. The van der Waals surface area contributed by atoms with Crippen LogP contribution in [0.5, 0.6) is 0 Å². The first-order chi connectivity index (χ1) is 3.31. The van der Waals surface area contributed by atoms with Gasteiger partial charge in [-0.05, 0) is 31.6 Å². The second-order valence-corrected chi connectivity index (χ2v) is 4.96. The number of hydrogen-bond donors (Lipinski definition) is 0. The van der Waals surface area contributed by atoms with Gasteiger partial charge in [-0.1, -0.05) is 22.6 Å². The number of halogens is 1. The van der Waals surface area contributed by atoms with Crippen molar-refractivity contribution in [1.82, 2.24) is 0 Å². The van der Waals surface area contributed by atoms with Crippen molar-refractivity contribution in [2.75, 3.05) is 0 Å². The van der Waals surface area contributed by atoms with Crippen molar-refractivity contribution in [3.05, 3.63) is 0 Å². The summed E-state index contributed by atoms with van der Waals surface area (Å²) in [5, 5.41) is 0. The van der Waals surface area contributed by atoms with Crippen LogP contribution in [0.4, 0.5) is 0 Å². The van der Waals surface area contributed by atoms with Crippen molar-refractivity contribution in [3.8, 4) is 0 Å². The molecule has 0 nitrogen and oxygen atoms in total. The van der Waals surface area contributed by atoms with E-state index in [2.05, 4.69) is 22.6 Å². The van der Waals surface area contributed by atoms with Gasteiger partial charge in [-0.25, -0.2) is 0 Å². The molecular weight excluding hydrogens is 199 g/mol. The molecule has 0 aromatic carbocycles. The van der Waals surface area contributed by atoms with Crippen LogP contribution in [0, 0.1) is 5.92 Å². The second-order valence-electron chi connectivity index (χ2n) is 2.81. The average Bonchev–Trinajstić information content (AvgIpc) is 2.14. The van der Waals surface area contributed by atoms with Crippen LogP contribution in [0.15, 0.2) is 0 Å². The van der Waals surface area contributed by atoms with Gasteiger partial charge in [0.05, 0.1) is 0 Å². The first-order valence-corrected chi connectivity index (χ1v) is 4.08. The van der Waals surface area contributed by atoms with Crippen molar-refractivity contribution in [2.24, 2.45) is 5.92 Å². The molecule has 0 aromatic rings. The Morgan fingerprint density at radius 3 is 2.00 bits per heavy atom. The molecule has 40 valence electrons. The molecule has 0 N–H and O–H groups in total. The predicted octanol–water partition coefficient (Wildman–Crippen LogP) is 2.36. The molecule has 0 aromatic heterocycles. The summed E-state index contributed by atoms with van der Waals surface area (Å²) in [4.78, 5) is 0. The van der Waals surface area contributed by atoms with Crippen LogP contribution >= 0.6 is 22.6 Å². The highest BCUT2D eigenvalue weighted by Crippen LogP contribution is 2.59. The maximum Gasteiger partial charge on any atom is 0.0251 e. The standard InChI is InChI=1S/C6H9I/c7-6(3-4-6)5-1-2-5/h5H,1-4H2. The molecule has 7 heavy (non-hydrogen) atoms. The highest BCUT2D eigenvalue weighted by Gasteiger charge is 2.51. The molecule has 2 fully saturated rings. The largest absolute Gasteiger partial charge is 0.0786 e. The van der Waals surface area contributed by atoms with Crippen LogP contribution in [0.1, 0.15) is 25.7 Å². The SMILES string of the molecule is IC1(C2CC2)CC1. The van der Waals surface area contributed by atoms with E-state index in [4.69, 9.17) is 0 Å². The van der Waals surface area contributed by atoms with Crippen LogP contribution in [0.2, 0.25) is 0 Å². The molecule has 0 radical (unpaired) electrons. The van der Waals surface area contributed by atoms with Crippen LogP contribution in [-0.2, 0) is 0 Å². The number of alkyl halides is 1. The molecule has 0 atom stereocenters. The van der Waals surface area contributed by atoms with Crippen LogP contribution in [0.25, 0.3) is 0 Å². The van der Waals surface area contributed by atoms with E-state index in [0.29, 0.717) is 0 Å². The van der Waals surface area contributed by atoms with Crippen LogP contribution in [0.3, 0.4) is 0 Å². The molecule has 2 aliphatic rings. The lowest BCUT2D eigenvalue weighted by molar-refractivity contribution is 0.799. The maximum absolute atomic E-state index is 2.64. The monoisotopic (exact) mass is 208 g/mol. The van der Waals surface area contributed by atoms with Crippen molar-refractivity contribution in [3.63, 3.8) is 0 Å². The Kier molecular flexibility index (Phi) is 0.769. The van der Waals surface area contributed by atoms with Crippen molar-refractivity contribution < 1.29 is 0 Å². The van der Waals surface area contributed by atoms with E-state index < -0.39 is 0 Å². The predicted molar refractivity (Wildman–Crippen MR) is 38.7 cm³/mol. The summed E-state index contributed by atoms with van der Waals surface area (Å²) in [5.41, 5.74) is 0. The summed E-state index contributed by atoms with van der Waals surface area (Å²) < 4.78 is 0.831. The molecule has 0 amide bonds. The van der Waals surface area contributed by atoms with E-state index in [0.717, 1.165) is 9.34 Å². The summed E-state index contributed by atoms with van der Waals surface area (Å²) in [6, 6.07) is 0. The summed E-state index contributed by atoms with van der Waals surface area (Å²) >= 11 is 2.64. The minimum Gasteiger partial charge on any atom is -0.0786 e. The third kappa shape index (κ3) is 0.694. The minimum absolute atomic E-state index is 0.831. The summed E-state index contributed by atoms with van der Waals surface area (Å²) in [6.07, 6.45) is 6.09. The fraction of sp³-hybridized carbons (Fsp3) is 1.00. The van der Waals surface area contributed by atoms with Gasteiger partial charge in [-0.15, -0.1) is 0 Å². The van der Waals surface area contributed by atoms with E-state index in [1.54, 1.807) is 0 Å². The lowest BCUT2D eigenvalue weighted by Gasteiger charge is -1.97. The number of hydrogen-bond acceptors (Lipinski definition) is 0. The van der Waals surface area contributed by atoms with E-state index in [1.165, 1.54) is 25.7 Å². The quantitative estimate of drug-likeness (QED) is 0.458. The molecule has 0 saturated heterocycles.